The molecular weight excluding hydrogens is 372 g/mol. The van der Waals surface area contributed by atoms with Crippen LogP contribution in [0, 0.1) is 28.6 Å². The number of ether oxygens (including phenoxy) is 1. The molecule has 3 fully saturated rings. The fourth-order valence-electron chi connectivity index (χ4n) is 7.43. The summed E-state index contributed by atoms with van der Waals surface area (Å²) in [5, 5.41) is 9.63. The minimum absolute atomic E-state index is 0.0658. The average Bonchev–Trinajstić information content (AvgIpc) is 2.93. The van der Waals surface area contributed by atoms with E-state index in [1.807, 2.05) is 6.92 Å². The van der Waals surface area contributed by atoms with Gasteiger partial charge in [-0.2, -0.15) is 0 Å². The van der Waals surface area contributed by atoms with Gasteiger partial charge in [0, 0.05) is 31.1 Å². The largest absolute Gasteiger partial charge is 0.451 e. The van der Waals surface area contributed by atoms with Gasteiger partial charge in [0.2, 0.25) is 5.78 Å². The van der Waals surface area contributed by atoms with Crippen molar-refractivity contribution in [1.29, 1.82) is 0 Å². The highest BCUT2D eigenvalue weighted by molar-refractivity contribution is 5.95. The highest BCUT2D eigenvalue weighted by atomic mass is 16.6. The number of hydrogen-bond donors (Lipinski definition) is 1. The van der Waals surface area contributed by atoms with Crippen LogP contribution in [0.1, 0.15) is 65.7 Å². The Morgan fingerprint density at radius 3 is 2.55 bits per heavy atom. The van der Waals surface area contributed by atoms with E-state index in [4.69, 9.17) is 4.74 Å². The molecule has 4 aliphatic rings. The van der Waals surface area contributed by atoms with Crippen LogP contribution in [0.15, 0.2) is 11.6 Å². The zero-order valence-electron chi connectivity index (χ0n) is 17.5. The van der Waals surface area contributed by atoms with Crippen molar-refractivity contribution >= 4 is 23.3 Å². The van der Waals surface area contributed by atoms with Crippen molar-refractivity contribution in [2.24, 2.45) is 28.6 Å². The summed E-state index contributed by atoms with van der Waals surface area (Å²) >= 11 is 0. The first-order valence-electron chi connectivity index (χ1n) is 10.7. The summed E-state index contributed by atoms with van der Waals surface area (Å²) in [6.45, 7) is 4.59. The fourth-order valence-corrected chi connectivity index (χ4v) is 7.43. The van der Waals surface area contributed by atoms with Gasteiger partial charge in [0.15, 0.2) is 11.4 Å². The highest BCUT2D eigenvalue weighted by Gasteiger charge is 2.70. The Balaban J connectivity index is 1.77. The lowest BCUT2D eigenvalue weighted by Gasteiger charge is -2.58. The first kappa shape index (κ1) is 20.5. The summed E-state index contributed by atoms with van der Waals surface area (Å²) in [4.78, 5) is 50.3. The van der Waals surface area contributed by atoms with Gasteiger partial charge in [0.05, 0.1) is 0 Å². The van der Waals surface area contributed by atoms with Crippen LogP contribution in [0.25, 0.3) is 0 Å². The smallest absolute Gasteiger partial charge is 0.303 e. The second-order valence-corrected chi connectivity index (χ2v) is 9.94. The van der Waals surface area contributed by atoms with Crippen LogP contribution in [0.2, 0.25) is 0 Å². The number of allylic oxidation sites excluding steroid dienone is 1. The van der Waals surface area contributed by atoms with Crippen LogP contribution in [0.5, 0.6) is 0 Å². The van der Waals surface area contributed by atoms with E-state index in [1.54, 1.807) is 6.08 Å². The molecule has 0 saturated heterocycles. The lowest BCUT2D eigenvalue weighted by molar-refractivity contribution is -0.190. The lowest BCUT2D eigenvalue weighted by atomic mass is 9.46. The van der Waals surface area contributed by atoms with Gasteiger partial charge in [0.25, 0.3) is 0 Å². The van der Waals surface area contributed by atoms with Crippen LogP contribution in [0.4, 0.5) is 0 Å². The molecule has 4 rings (SSSR count). The predicted molar refractivity (Wildman–Crippen MR) is 104 cm³/mol. The number of carbonyl (C=O) groups excluding carboxylic acids is 4. The van der Waals surface area contributed by atoms with E-state index in [0.29, 0.717) is 25.7 Å². The van der Waals surface area contributed by atoms with Gasteiger partial charge >= 0.3 is 5.97 Å². The first-order chi connectivity index (χ1) is 13.6. The number of aliphatic hydroxyl groups is 1. The number of hydrogen-bond acceptors (Lipinski definition) is 6. The SMILES string of the molecule is CC(=O)O[C@]1(C(=O)CO)CC[C@H]2[C@@H]3CCC4=CC(=O)CC[C@]4(C)[C@H]3C(=O)C[C@@]21C. The molecule has 0 aliphatic heterocycles. The van der Waals surface area contributed by atoms with Crippen LogP contribution in [0.3, 0.4) is 0 Å². The van der Waals surface area contributed by atoms with Gasteiger partial charge in [-0.1, -0.05) is 19.4 Å². The van der Waals surface area contributed by atoms with E-state index in [1.165, 1.54) is 6.92 Å². The molecule has 0 heterocycles. The second-order valence-electron chi connectivity index (χ2n) is 9.94. The Morgan fingerprint density at radius 2 is 1.90 bits per heavy atom. The summed E-state index contributed by atoms with van der Waals surface area (Å²) in [5.41, 5.74) is -1.44. The first-order valence-corrected chi connectivity index (χ1v) is 10.7. The molecule has 0 aromatic carbocycles. The zero-order valence-corrected chi connectivity index (χ0v) is 17.5. The van der Waals surface area contributed by atoms with Crippen molar-refractivity contribution in [3.05, 3.63) is 11.6 Å². The summed E-state index contributed by atoms with van der Waals surface area (Å²) in [6.07, 6.45) is 5.71. The van der Waals surface area contributed by atoms with E-state index in [2.05, 4.69) is 6.92 Å². The average molecular weight is 402 g/mol. The third kappa shape index (κ3) is 2.64. The van der Waals surface area contributed by atoms with Gasteiger partial charge in [-0.25, -0.2) is 0 Å². The molecule has 4 aliphatic carbocycles. The van der Waals surface area contributed by atoms with Crippen molar-refractivity contribution in [3.8, 4) is 0 Å². The summed E-state index contributed by atoms with van der Waals surface area (Å²) in [7, 11) is 0. The minimum Gasteiger partial charge on any atom is -0.451 e. The topological polar surface area (TPSA) is 97.7 Å². The monoisotopic (exact) mass is 402 g/mol. The number of fused-ring (bicyclic) bond motifs is 5. The molecule has 0 bridgehead atoms. The summed E-state index contributed by atoms with van der Waals surface area (Å²) in [6, 6.07) is 0. The van der Waals surface area contributed by atoms with Crippen molar-refractivity contribution in [1.82, 2.24) is 0 Å². The Bertz CT molecular complexity index is 827. The molecule has 0 aromatic heterocycles. The van der Waals surface area contributed by atoms with Gasteiger partial charge in [0.1, 0.15) is 12.4 Å². The van der Waals surface area contributed by atoms with Crippen molar-refractivity contribution in [3.63, 3.8) is 0 Å². The summed E-state index contributed by atoms with van der Waals surface area (Å²) in [5.74, 6) is -0.819. The standard InChI is InChI=1S/C23H30O6/c1-13(25)29-23(19(28)12-24)9-7-17-16-5-4-14-10-15(26)6-8-21(14,2)20(16)18(27)11-22(17,23)3/h10,16-17,20,24H,4-9,11-12H2,1-3H3/t16-,17-,20+,21-,22-,23-/m0/s1. The van der Waals surface area contributed by atoms with E-state index in [0.717, 1.165) is 18.4 Å². The van der Waals surface area contributed by atoms with E-state index >= 15 is 0 Å². The molecule has 0 aromatic rings. The number of ketones is 3. The van der Waals surface area contributed by atoms with Gasteiger partial charge in [-0.3, -0.25) is 19.2 Å². The predicted octanol–water partition coefficient (Wildman–Crippen LogP) is 2.56. The van der Waals surface area contributed by atoms with Gasteiger partial charge in [-0.05, 0) is 55.4 Å². The molecular formula is C23H30O6. The highest BCUT2D eigenvalue weighted by Crippen LogP contribution is 2.67. The van der Waals surface area contributed by atoms with Crippen LogP contribution in [-0.2, 0) is 23.9 Å². The molecule has 6 atom stereocenters. The Kier molecular flexibility index (Phi) is 4.65. The number of carbonyl (C=O) groups is 4. The van der Waals surface area contributed by atoms with E-state index < -0.39 is 29.4 Å². The van der Waals surface area contributed by atoms with Crippen LogP contribution >= 0.6 is 0 Å². The van der Waals surface area contributed by atoms with Crippen molar-refractivity contribution < 1.29 is 29.0 Å². The molecule has 0 spiro atoms. The Labute approximate surface area is 171 Å². The van der Waals surface area contributed by atoms with Gasteiger partial charge < -0.3 is 9.84 Å². The van der Waals surface area contributed by atoms with Crippen molar-refractivity contribution in [2.45, 2.75) is 71.3 Å². The maximum atomic E-state index is 13.6. The molecule has 158 valence electrons. The lowest BCUT2D eigenvalue weighted by Crippen LogP contribution is -2.62. The molecule has 0 unspecified atom stereocenters. The van der Waals surface area contributed by atoms with Crippen LogP contribution < -0.4 is 0 Å². The minimum atomic E-state index is -1.43. The maximum Gasteiger partial charge on any atom is 0.303 e. The normalized spacial score (nSPS) is 43.7. The number of rotatable bonds is 3. The molecule has 0 radical (unpaired) electrons. The van der Waals surface area contributed by atoms with Gasteiger partial charge in [-0.15, -0.1) is 0 Å². The maximum absolute atomic E-state index is 13.6. The number of esters is 1. The second kappa shape index (κ2) is 6.59. The molecule has 29 heavy (non-hydrogen) atoms. The molecule has 6 heteroatoms. The number of Topliss-reactive ketones (excluding diaryl/α,β-unsaturated/α-hetero) is 2. The van der Waals surface area contributed by atoms with E-state index in [-0.39, 0.29) is 41.2 Å². The Morgan fingerprint density at radius 1 is 1.17 bits per heavy atom. The molecule has 6 nitrogen and oxygen atoms in total. The summed E-state index contributed by atoms with van der Waals surface area (Å²) < 4.78 is 5.64. The van der Waals surface area contributed by atoms with Crippen molar-refractivity contribution in [2.75, 3.05) is 6.61 Å². The zero-order chi connectivity index (χ0) is 21.2. The van der Waals surface area contributed by atoms with Crippen LogP contribution in [-0.4, -0.2) is 40.6 Å². The third-order valence-electron chi connectivity index (χ3n) is 8.69. The Hall–Kier alpha value is -1.82. The number of aliphatic hydroxyl groups excluding tert-OH is 1. The van der Waals surface area contributed by atoms with E-state index in [9.17, 15) is 24.3 Å². The third-order valence-corrected chi connectivity index (χ3v) is 8.69. The molecule has 3 saturated carbocycles. The molecule has 0 amide bonds. The fraction of sp³-hybridized carbons (Fsp3) is 0.739. The quantitative estimate of drug-likeness (QED) is 0.729. The molecule has 1 N–H and O–H groups in total.